The maximum atomic E-state index is 12.5. The standard InChI is InChI=1S/C31H40NO3/c1-7-30(3,4)23-16-18-27(26(21-23)31(5,6)8-2)35-20-12-11-19-32-29(34)25-17-15-22-13-9-10-14-24(22)28(25)33/h9-10,13-18,21,33H,7-8,11-12,19-20H2,1-6H3. The lowest BCUT2D eigenvalue weighted by molar-refractivity contribution is 0.0945. The molecule has 1 N–H and O–H groups in total. The van der Waals surface area contributed by atoms with E-state index in [0.717, 1.165) is 36.8 Å². The molecule has 0 saturated carbocycles. The van der Waals surface area contributed by atoms with Gasteiger partial charge in [-0.2, -0.15) is 0 Å². The maximum absolute atomic E-state index is 12.5. The van der Waals surface area contributed by atoms with E-state index in [1.54, 1.807) is 6.07 Å². The van der Waals surface area contributed by atoms with Crippen molar-refractivity contribution in [1.29, 1.82) is 0 Å². The Morgan fingerprint density at radius 2 is 1.63 bits per heavy atom. The number of fused-ring (bicyclic) bond motifs is 1. The first-order chi connectivity index (χ1) is 16.6. The Hall–Kier alpha value is -3.01. The van der Waals surface area contributed by atoms with Gasteiger partial charge in [0.2, 0.25) is 0 Å². The van der Waals surface area contributed by atoms with Gasteiger partial charge in [0.1, 0.15) is 11.5 Å². The quantitative estimate of drug-likeness (QED) is 0.292. The maximum Gasteiger partial charge on any atom is 0.276 e. The van der Waals surface area contributed by atoms with Gasteiger partial charge in [0, 0.05) is 17.5 Å². The van der Waals surface area contributed by atoms with Gasteiger partial charge in [-0.3, -0.25) is 4.79 Å². The number of hydrogen-bond acceptors (Lipinski definition) is 3. The first kappa shape index (κ1) is 26.6. The minimum absolute atomic E-state index is 0.000879. The van der Waals surface area contributed by atoms with E-state index in [0.29, 0.717) is 18.5 Å². The lowest BCUT2D eigenvalue weighted by atomic mass is 9.76. The molecule has 1 radical (unpaired) electrons. The van der Waals surface area contributed by atoms with E-state index in [4.69, 9.17) is 4.74 Å². The SMILES string of the molecule is CCC(C)(C)c1ccc(OCCCC[N]C(=O)c2ccc3ccccc3c2O)c(C(C)(C)CC)c1. The molecule has 0 aliphatic rings. The summed E-state index contributed by atoms with van der Waals surface area (Å²) < 4.78 is 6.22. The molecular formula is C31H40NO3. The molecule has 0 heterocycles. The van der Waals surface area contributed by atoms with Gasteiger partial charge in [0.15, 0.2) is 0 Å². The molecular weight excluding hydrogens is 434 g/mol. The fraction of sp³-hybridized carbons (Fsp3) is 0.452. The molecule has 1 amide bonds. The highest BCUT2D eigenvalue weighted by Gasteiger charge is 2.26. The molecule has 0 aliphatic heterocycles. The van der Waals surface area contributed by atoms with Crippen LogP contribution in [0.3, 0.4) is 0 Å². The molecule has 0 atom stereocenters. The molecule has 0 saturated heterocycles. The fourth-order valence-corrected chi connectivity index (χ4v) is 4.09. The molecule has 0 aliphatic carbocycles. The molecule has 35 heavy (non-hydrogen) atoms. The molecule has 0 aromatic heterocycles. The molecule has 0 bridgehead atoms. The number of amides is 1. The van der Waals surface area contributed by atoms with Gasteiger partial charge in [0.05, 0.1) is 12.2 Å². The Bertz CT molecular complexity index is 1160. The van der Waals surface area contributed by atoms with Crippen molar-refractivity contribution >= 4 is 16.7 Å². The summed E-state index contributed by atoms with van der Waals surface area (Å²) in [5, 5.41) is 16.2. The van der Waals surface area contributed by atoms with Crippen molar-refractivity contribution < 1.29 is 14.6 Å². The number of rotatable bonds is 11. The second kappa shape index (κ2) is 11.2. The Morgan fingerprint density at radius 1 is 0.914 bits per heavy atom. The number of ether oxygens (including phenoxy) is 1. The third kappa shape index (κ3) is 6.17. The molecule has 0 spiro atoms. The van der Waals surface area contributed by atoms with Crippen molar-refractivity contribution in [1.82, 2.24) is 5.32 Å². The predicted molar refractivity (Wildman–Crippen MR) is 145 cm³/mol. The van der Waals surface area contributed by atoms with E-state index < -0.39 is 0 Å². The van der Waals surface area contributed by atoms with Crippen LogP contribution < -0.4 is 10.1 Å². The van der Waals surface area contributed by atoms with Crippen LogP contribution in [0.15, 0.2) is 54.6 Å². The zero-order chi connectivity index (χ0) is 25.6. The first-order valence-corrected chi connectivity index (χ1v) is 12.8. The van der Waals surface area contributed by atoms with Crippen molar-refractivity contribution in [2.75, 3.05) is 13.2 Å². The number of nitrogens with zero attached hydrogens (tertiary/aromatic N) is 1. The van der Waals surface area contributed by atoms with Gasteiger partial charge in [-0.25, -0.2) is 5.32 Å². The van der Waals surface area contributed by atoms with Gasteiger partial charge >= 0.3 is 0 Å². The molecule has 0 unspecified atom stereocenters. The Morgan fingerprint density at radius 3 is 2.34 bits per heavy atom. The third-order valence-electron chi connectivity index (χ3n) is 7.45. The highest BCUT2D eigenvalue weighted by Crippen LogP contribution is 2.38. The zero-order valence-corrected chi connectivity index (χ0v) is 22.1. The average molecular weight is 475 g/mol. The fourth-order valence-electron chi connectivity index (χ4n) is 4.09. The Labute approximate surface area is 210 Å². The van der Waals surface area contributed by atoms with Crippen LogP contribution in [0.5, 0.6) is 11.5 Å². The minimum atomic E-state index is -0.379. The number of aromatic hydroxyl groups is 1. The summed E-state index contributed by atoms with van der Waals surface area (Å²) in [5.41, 5.74) is 3.01. The first-order valence-electron chi connectivity index (χ1n) is 12.8. The van der Waals surface area contributed by atoms with Crippen molar-refractivity contribution in [3.8, 4) is 11.5 Å². The number of carbonyl (C=O) groups excluding carboxylic acids is 1. The van der Waals surface area contributed by atoms with Crippen LogP contribution in [0.2, 0.25) is 0 Å². The largest absolute Gasteiger partial charge is 0.506 e. The van der Waals surface area contributed by atoms with Crippen LogP contribution in [-0.2, 0) is 10.8 Å². The molecule has 3 aromatic rings. The van der Waals surface area contributed by atoms with Crippen LogP contribution in [0.4, 0.5) is 0 Å². The number of unbranched alkanes of at least 4 members (excludes halogenated alkanes) is 1. The highest BCUT2D eigenvalue weighted by molar-refractivity contribution is 6.03. The molecule has 0 fully saturated rings. The lowest BCUT2D eigenvalue weighted by Crippen LogP contribution is -2.21. The van der Waals surface area contributed by atoms with Gasteiger partial charge in [-0.15, -0.1) is 0 Å². The minimum Gasteiger partial charge on any atom is -0.506 e. The van der Waals surface area contributed by atoms with Crippen LogP contribution >= 0.6 is 0 Å². The molecule has 187 valence electrons. The van der Waals surface area contributed by atoms with E-state index in [1.807, 2.05) is 30.3 Å². The van der Waals surface area contributed by atoms with Gasteiger partial charge < -0.3 is 9.84 Å². The summed E-state index contributed by atoms with van der Waals surface area (Å²) in [6, 6.07) is 17.6. The summed E-state index contributed by atoms with van der Waals surface area (Å²) in [6.07, 6.45) is 3.66. The van der Waals surface area contributed by atoms with Crippen molar-refractivity contribution in [3.05, 3.63) is 71.3 Å². The zero-order valence-electron chi connectivity index (χ0n) is 22.1. The summed E-state index contributed by atoms with van der Waals surface area (Å²) in [6.45, 7) is 14.5. The van der Waals surface area contributed by atoms with Crippen LogP contribution in [-0.4, -0.2) is 24.2 Å². The second-order valence-electron chi connectivity index (χ2n) is 10.6. The van der Waals surface area contributed by atoms with Crippen LogP contribution in [0.1, 0.15) is 88.7 Å². The van der Waals surface area contributed by atoms with Gasteiger partial charge in [-0.1, -0.05) is 84.0 Å². The number of benzene rings is 3. The van der Waals surface area contributed by atoms with Crippen LogP contribution in [0.25, 0.3) is 10.8 Å². The van der Waals surface area contributed by atoms with E-state index in [1.165, 1.54) is 11.1 Å². The van der Waals surface area contributed by atoms with Crippen LogP contribution in [0, 0.1) is 0 Å². The van der Waals surface area contributed by atoms with Crippen molar-refractivity contribution in [3.63, 3.8) is 0 Å². The number of phenolic OH excluding ortho intramolecular Hbond substituents is 1. The van der Waals surface area contributed by atoms with Crippen molar-refractivity contribution in [2.24, 2.45) is 0 Å². The number of carbonyl (C=O) groups is 1. The summed E-state index contributed by atoms with van der Waals surface area (Å²) in [5.74, 6) is 0.567. The smallest absolute Gasteiger partial charge is 0.276 e. The number of phenols is 1. The Balaban J connectivity index is 1.55. The summed E-state index contributed by atoms with van der Waals surface area (Å²) in [7, 11) is 0. The second-order valence-corrected chi connectivity index (χ2v) is 10.6. The summed E-state index contributed by atoms with van der Waals surface area (Å²) in [4.78, 5) is 12.5. The molecule has 3 rings (SSSR count). The van der Waals surface area contributed by atoms with E-state index in [-0.39, 0.29) is 28.1 Å². The molecule has 3 aromatic carbocycles. The predicted octanol–water partition coefficient (Wildman–Crippen LogP) is 7.52. The van der Waals surface area contributed by atoms with Gasteiger partial charge in [0.25, 0.3) is 5.91 Å². The van der Waals surface area contributed by atoms with Gasteiger partial charge in [-0.05, 0) is 59.6 Å². The highest BCUT2D eigenvalue weighted by atomic mass is 16.5. The topological polar surface area (TPSA) is 60.6 Å². The molecule has 4 heteroatoms. The van der Waals surface area contributed by atoms with E-state index in [2.05, 4.69) is 65.1 Å². The molecule has 4 nitrogen and oxygen atoms in total. The van der Waals surface area contributed by atoms with Crippen molar-refractivity contribution in [2.45, 2.75) is 78.1 Å². The lowest BCUT2D eigenvalue weighted by Gasteiger charge is -2.30. The third-order valence-corrected chi connectivity index (χ3v) is 7.45. The monoisotopic (exact) mass is 474 g/mol. The van der Waals surface area contributed by atoms with E-state index in [9.17, 15) is 9.90 Å². The summed E-state index contributed by atoms with van der Waals surface area (Å²) >= 11 is 0. The van der Waals surface area contributed by atoms with E-state index >= 15 is 0 Å². The average Bonchev–Trinajstić information content (AvgIpc) is 2.86. The normalized spacial score (nSPS) is 12.1. The Kier molecular flexibility index (Phi) is 8.47. The number of hydrogen-bond donors (Lipinski definition) is 1.